The van der Waals surface area contributed by atoms with Gasteiger partial charge in [-0.2, -0.15) is 0 Å². The third kappa shape index (κ3) is 5.85. The van der Waals surface area contributed by atoms with E-state index < -0.39 is 0 Å². The zero-order valence-corrected chi connectivity index (χ0v) is 19.0. The lowest BCUT2D eigenvalue weighted by molar-refractivity contribution is -0.135. The van der Waals surface area contributed by atoms with Crippen LogP contribution in [0.2, 0.25) is 0 Å². The van der Waals surface area contributed by atoms with E-state index >= 15 is 0 Å². The van der Waals surface area contributed by atoms with Crippen molar-refractivity contribution in [1.29, 1.82) is 0 Å². The molecule has 1 N–H and O–H groups in total. The zero-order chi connectivity index (χ0) is 21.5. The zero-order valence-electron chi connectivity index (χ0n) is 19.0. The number of hydrogen-bond acceptors (Lipinski definition) is 5. The Bertz CT molecular complexity index is 604. The van der Waals surface area contributed by atoms with Gasteiger partial charge in [0.25, 0.3) is 0 Å². The molecular weight excluding hydrogens is 382 g/mol. The maximum atomic E-state index is 12.7. The van der Waals surface area contributed by atoms with E-state index in [1.807, 2.05) is 16.8 Å². The predicted octanol–water partition coefficient (Wildman–Crippen LogP) is -0.646. The summed E-state index contributed by atoms with van der Waals surface area (Å²) in [7, 11) is 1.83. The molecule has 9 heteroatoms. The lowest BCUT2D eigenvalue weighted by atomic mass is 10.2. The topological polar surface area (TPSA) is 74.7 Å². The second-order valence-corrected chi connectivity index (χ2v) is 8.55. The molecule has 170 valence electrons. The van der Waals surface area contributed by atoms with Crippen LogP contribution in [0.25, 0.3) is 0 Å². The van der Waals surface area contributed by atoms with Crippen LogP contribution in [0.1, 0.15) is 26.7 Å². The van der Waals surface area contributed by atoms with E-state index in [-0.39, 0.29) is 17.9 Å². The van der Waals surface area contributed by atoms with Gasteiger partial charge in [-0.25, -0.2) is 0 Å². The summed E-state index contributed by atoms with van der Waals surface area (Å²) >= 11 is 0. The van der Waals surface area contributed by atoms with Crippen molar-refractivity contribution in [2.75, 3.05) is 85.6 Å². The van der Waals surface area contributed by atoms with Crippen molar-refractivity contribution in [3.63, 3.8) is 0 Å². The van der Waals surface area contributed by atoms with Crippen molar-refractivity contribution in [3.05, 3.63) is 0 Å². The van der Waals surface area contributed by atoms with Gasteiger partial charge in [-0.05, 0) is 19.8 Å². The summed E-state index contributed by atoms with van der Waals surface area (Å²) in [4.78, 5) is 39.5. The molecular formula is C21H39N7O2. The van der Waals surface area contributed by atoms with Gasteiger partial charge in [0.15, 0.2) is 5.96 Å². The van der Waals surface area contributed by atoms with Crippen molar-refractivity contribution in [1.82, 2.24) is 29.8 Å². The Morgan fingerprint density at radius 1 is 0.867 bits per heavy atom. The van der Waals surface area contributed by atoms with Crippen LogP contribution in [0, 0.1) is 0 Å². The second kappa shape index (κ2) is 10.9. The average Bonchev–Trinajstić information content (AvgIpc) is 3.31. The Morgan fingerprint density at radius 3 is 2.03 bits per heavy atom. The molecule has 30 heavy (non-hydrogen) atoms. The van der Waals surface area contributed by atoms with Gasteiger partial charge in [0, 0.05) is 92.5 Å². The number of carbonyl (C=O) groups is 2. The van der Waals surface area contributed by atoms with Crippen LogP contribution in [-0.4, -0.2) is 134 Å². The van der Waals surface area contributed by atoms with Crippen LogP contribution in [0.3, 0.4) is 0 Å². The Hall–Kier alpha value is -1.87. The van der Waals surface area contributed by atoms with E-state index in [1.165, 1.54) is 0 Å². The number of aliphatic imine (C=N–C) groups is 1. The molecule has 3 aliphatic rings. The van der Waals surface area contributed by atoms with Gasteiger partial charge in [-0.3, -0.25) is 24.4 Å². The third-order valence-corrected chi connectivity index (χ3v) is 6.68. The van der Waals surface area contributed by atoms with Crippen LogP contribution in [-0.2, 0) is 9.59 Å². The van der Waals surface area contributed by atoms with Crippen LogP contribution in [0.4, 0.5) is 0 Å². The average molecular weight is 422 g/mol. The molecule has 3 fully saturated rings. The molecule has 9 nitrogen and oxygen atoms in total. The maximum absolute atomic E-state index is 12.7. The summed E-state index contributed by atoms with van der Waals surface area (Å²) in [5, 5.41) is 3.49. The normalized spacial score (nSPS) is 23.0. The fourth-order valence-electron chi connectivity index (χ4n) is 4.62. The summed E-state index contributed by atoms with van der Waals surface area (Å²) in [6, 6.07) is -0.0334. The highest BCUT2D eigenvalue weighted by atomic mass is 16.2. The summed E-state index contributed by atoms with van der Waals surface area (Å²) in [6.45, 7) is 14.4. The number of likely N-dealkylation sites (tertiary alicyclic amines) is 1. The summed E-state index contributed by atoms with van der Waals surface area (Å²) in [6.07, 6.45) is 2.28. The number of rotatable bonds is 5. The molecule has 3 saturated heterocycles. The number of carbonyl (C=O) groups excluding carboxylic acids is 2. The van der Waals surface area contributed by atoms with Crippen LogP contribution in [0.5, 0.6) is 0 Å². The lowest BCUT2D eigenvalue weighted by Gasteiger charge is -2.40. The largest absolute Gasteiger partial charge is 0.355 e. The van der Waals surface area contributed by atoms with Gasteiger partial charge in [0.05, 0.1) is 6.04 Å². The highest BCUT2D eigenvalue weighted by molar-refractivity contribution is 5.82. The Balaban J connectivity index is 1.36. The molecule has 0 bridgehead atoms. The fraction of sp³-hybridized carbons (Fsp3) is 0.857. The number of nitrogens with one attached hydrogen (secondary N) is 1. The smallest absolute Gasteiger partial charge is 0.239 e. The first-order valence-corrected chi connectivity index (χ1v) is 11.5. The van der Waals surface area contributed by atoms with Crippen molar-refractivity contribution < 1.29 is 9.59 Å². The van der Waals surface area contributed by atoms with E-state index in [1.54, 1.807) is 6.92 Å². The fourth-order valence-corrected chi connectivity index (χ4v) is 4.62. The van der Waals surface area contributed by atoms with Crippen molar-refractivity contribution in [2.24, 2.45) is 4.99 Å². The first-order valence-electron chi connectivity index (χ1n) is 11.5. The van der Waals surface area contributed by atoms with Gasteiger partial charge in [0.2, 0.25) is 11.8 Å². The van der Waals surface area contributed by atoms with Crippen LogP contribution in [0.15, 0.2) is 4.99 Å². The number of piperazine rings is 2. The number of hydrogen-bond donors (Lipinski definition) is 1. The first-order chi connectivity index (χ1) is 14.5. The molecule has 1 atom stereocenters. The number of nitrogens with zero attached hydrogens (tertiary/aromatic N) is 6. The molecule has 0 saturated carbocycles. The van der Waals surface area contributed by atoms with Crippen LogP contribution < -0.4 is 5.32 Å². The minimum Gasteiger partial charge on any atom is -0.355 e. The van der Waals surface area contributed by atoms with Crippen molar-refractivity contribution in [3.8, 4) is 0 Å². The molecule has 0 radical (unpaired) electrons. The van der Waals surface area contributed by atoms with Gasteiger partial charge in [0.1, 0.15) is 0 Å². The highest BCUT2D eigenvalue weighted by Crippen LogP contribution is 2.14. The van der Waals surface area contributed by atoms with E-state index in [2.05, 4.69) is 31.9 Å². The lowest BCUT2D eigenvalue weighted by Crippen LogP contribution is -2.57. The third-order valence-electron chi connectivity index (χ3n) is 6.68. The molecule has 0 spiro atoms. The Labute approximate surface area is 181 Å². The monoisotopic (exact) mass is 421 g/mol. The molecule has 3 heterocycles. The van der Waals surface area contributed by atoms with Crippen molar-refractivity contribution in [2.45, 2.75) is 32.7 Å². The summed E-state index contributed by atoms with van der Waals surface area (Å²) < 4.78 is 0. The quantitative estimate of drug-likeness (QED) is 0.470. The molecule has 3 aliphatic heterocycles. The van der Waals surface area contributed by atoms with Gasteiger partial charge in [-0.1, -0.05) is 0 Å². The highest BCUT2D eigenvalue weighted by Gasteiger charge is 2.30. The molecule has 1 unspecified atom stereocenters. The molecule has 2 amide bonds. The molecule has 0 aromatic heterocycles. The first kappa shape index (κ1) is 22.8. The van der Waals surface area contributed by atoms with E-state index in [9.17, 15) is 9.59 Å². The van der Waals surface area contributed by atoms with Gasteiger partial charge >= 0.3 is 0 Å². The van der Waals surface area contributed by atoms with E-state index in [4.69, 9.17) is 0 Å². The minimum absolute atomic E-state index is 0.0334. The second-order valence-electron chi connectivity index (χ2n) is 8.55. The molecule has 0 aromatic rings. The van der Waals surface area contributed by atoms with Crippen molar-refractivity contribution >= 4 is 17.8 Å². The summed E-state index contributed by atoms with van der Waals surface area (Å²) in [5.41, 5.74) is 0. The van der Waals surface area contributed by atoms with Gasteiger partial charge in [-0.15, -0.1) is 0 Å². The SMILES string of the molecule is CN=C(NCCN1CCN(C(C)=O)CC1)N1CCN(C(C)C(=O)N2CCCC2)CC1. The Morgan fingerprint density at radius 2 is 1.47 bits per heavy atom. The molecule has 0 aliphatic carbocycles. The van der Waals surface area contributed by atoms with E-state index in [0.29, 0.717) is 0 Å². The van der Waals surface area contributed by atoms with Gasteiger partial charge < -0.3 is 20.0 Å². The molecule has 0 aromatic carbocycles. The van der Waals surface area contributed by atoms with E-state index in [0.717, 1.165) is 97.3 Å². The number of amides is 2. The Kier molecular flexibility index (Phi) is 8.32. The van der Waals surface area contributed by atoms with Crippen LogP contribution >= 0.6 is 0 Å². The standard InChI is InChI=1S/C21H39N7O2/c1-18(20(30)27-7-4-5-8-27)25-14-16-28(17-15-25)21(22-3)23-6-9-24-10-12-26(13-11-24)19(2)29/h18H,4-17H2,1-3H3,(H,22,23). The number of guanidine groups is 1. The maximum Gasteiger partial charge on any atom is 0.239 e. The predicted molar refractivity (Wildman–Crippen MR) is 118 cm³/mol. The molecule has 3 rings (SSSR count). The summed E-state index contributed by atoms with van der Waals surface area (Å²) in [5.74, 6) is 1.40. The minimum atomic E-state index is -0.0334.